The molecule has 0 fully saturated rings. The summed E-state index contributed by atoms with van der Waals surface area (Å²) in [6, 6.07) is 0. The fourth-order valence-electron chi connectivity index (χ4n) is 0.290. The number of hydrogen-bond donors (Lipinski definition) is 0. The summed E-state index contributed by atoms with van der Waals surface area (Å²) in [6.07, 6.45) is 0. The topological polar surface area (TPSA) is 18.5 Å². The summed E-state index contributed by atoms with van der Waals surface area (Å²) < 4.78 is 10.1. The van der Waals surface area contributed by atoms with Gasteiger partial charge in [-0.3, -0.25) is 0 Å². The molecule has 0 bridgehead atoms. The van der Waals surface area contributed by atoms with Gasteiger partial charge in [-0.1, -0.05) is 0 Å². The third-order valence-electron chi connectivity index (χ3n) is 0.885. The predicted molar refractivity (Wildman–Crippen MR) is 26.3 cm³/mol. The van der Waals surface area contributed by atoms with Crippen LogP contribution >= 0.6 is 0 Å². The molecule has 0 N–H and O–H groups in total. The first-order valence-electron chi connectivity index (χ1n) is 2.07. The molecule has 0 aromatic carbocycles. The van der Waals surface area contributed by atoms with Crippen LogP contribution in [0.25, 0.3) is 0 Å². The SMILES string of the molecule is CC1=C(C)[O][Ge][O]1. The molecule has 1 rings (SSSR count). The average molecular weight is 159 g/mol. The molecular weight excluding hydrogens is 153 g/mol. The second-order valence-corrected chi connectivity index (χ2v) is 2.61. The predicted octanol–water partition coefficient (Wildman–Crippen LogP) is 0.819. The third kappa shape index (κ3) is 0.908. The van der Waals surface area contributed by atoms with Crippen molar-refractivity contribution < 1.29 is 7.53 Å². The Balaban J connectivity index is 2.64. The second kappa shape index (κ2) is 1.78. The first-order chi connectivity index (χ1) is 3.30. The van der Waals surface area contributed by atoms with Gasteiger partial charge in [0.25, 0.3) is 0 Å². The number of rotatable bonds is 0. The van der Waals surface area contributed by atoms with Gasteiger partial charge in [0, 0.05) is 0 Å². The van der Waals surface area contributed by atoms with Crippen LogP contribution in [0, 0.1) is 0 Å². The van der Waals surface area contributed by atoms with Crippen LogP contribution in [-0.4, -0.2) is 16.1 Å². The standard InChI is InChI=1S/C4H6GeO2/c1-3-4(2)7-5-6-3/h1-2H3. The van der Waals surface area contributed by atoms with Crippen molar-refractivity contribution in [3.8, 4) is 0 Å². The molecule has 1 heterocycles. The molecule has 0 aliphatic carbocycles. The second-order valence-electron chi connectivity index (χ2n) is 1.40. The van der Waals surface area contributed by atoms with Gasteiger partial charge in [-0.2, -0.15) is 0 Å². The van der Waals surface area contributed by atoms with E-state index in [9.17, 15) is 0 Å². The Hall–Kier alpha value is -0.117. The monoisotopic (exact) mass is 160 g/mol. The summed E-state index contributed by atoms with van der Waals surface area (Å²) in [7, 11) is 0. The van der Waals surface area contributed by atoms with Crippen molar-refractivity contribution in [2.24, 2.45) is 0 Å². The van der Waals surface area contributed by atoms with Gasteiger partial charge in [0.1, 0.15) is 0 Å². The molecule has 2 nitrogen and oxygen atoms in total. The maximum atomic E-state index is 5.05. The Labute approximate surface area is 49.7 Å². The summed E-state index contributed by atoms with van der Waals surface area (Å²) in [4.78, 5) is 0. The van der Waals surface area contributed by atoms with Gasteiger partial charge in [-0.15, -0.1) is 0 Å². The van der Waals surface area contributed by atoms with Crippen molar-refractivity contribution in [2.45, 2.75) is 13.8 Å². The van der Waals surface area contributed by atoms with Crippen LogP contribution in [0.1, 0.15) is 13.8 Å². The van der Waals surface area contributed by atoms with Gasteiger partial charge in [-0.05, 0) is 0 Å². The van der Waals surface area contributed by atoms with E-state index < -0.39 is 16.1 Å². The molecule has 2 radical (unpaired) electrons. The summed E-state index contributed by atoms with van der Waals surface area (Å²) in [5.41, 5.74) is 0. The van der Waals surface area contributed by atoms with Crippen molar-refractivity contribution in [1.29, 1.82) is 0 Å². The zero-order valence-electron chi connectivity index (χ0n) is 4.32. The van der Waals surface area contributed by atoms with E-state index in [0.29, 0.717) is 0 Å². The Morgan fingerprint density at radius 1 is 1.14 bits per heavy atom. The minimum atomic E-state index is -0.523. The van der Waals surface area contributed by atoms with Crippen LogP contribution < -0.4 is 0 Å². The van der Waals surface area contributed by atoms with Crippen LogP contribution in [0.5, 0.6) is 0 Å². The molecule has 0 spiro atoms. The molecule has 1 aliphatic heterocycles. The van der Waals surface area contributed by atoms with Crippen molar-refractivity contribution >= 4 is 16.1 Å². The van der Waals surface area contributed by atoms with Crippen molar-refractivity contribution in [2.75, 3.05) is 0 Å². The Kier molecular flexibility index (Phi) is 1.28. The van der Waals surface area contributed by atoms with Gasteiger partial charge in [0.15, 0.2) is 0 Å². The Morgan fingerprint density at radius 3 is 1.71 bits per heavy atom. The first-order valence-corrected chi connectivity index (χ1v) is 3.78. The van der Waals surface area contributed by atoms with Crippen molar-refractivity contribution in [1.82, 2.24) is 0 Å². The third-order valence-corrected chi connectivity index (χ3v) is 2.52. The Morgan fingerprint density at radius 2 is 1.57 bits per heavy atom. The van der Waals surface area contributed by atoms with E-state index in [-0.39, 0.29) is 0 Å². The molecule has 0 saturated heterocycles. The average Bonchev–Trinajstić information content (AvgIpc) is 1.91. The molecule has 0 amide bonds. The van der Waals surface area contributed by atoms with Gasteiger partial charge >= 0.3 is 49.0 Å². The summed E-state index contributed by atoms with van der Waals surface area (Å²) in [6.45, 7) is 3.84. The van der Waals surface area contributed by atoms with Crippen LogP contribution in [0.3, 0.4) is 0 Å². The zero-order valence-corrected chi connectivity index (χ0v) is 6.41. The molecular formula is C4H6GeO2. The van der Waals surface area contributed by atoms with E-state index in [0.717, 1.165) is 11.5 Å². The zero-order chi connectivity index (χ0) is 5.28. The van der Waals surface area contributed by atoms with Gasteiger partial charge in [0.2, 0.25) is 0 Å². The number of allylic oxidation sites excluding steroid dienone is 2. The maximum absolute atomic E-state index is 5.05. The van der Waals surface area contributed by atoms with E-state index in [1.54, 1.807) is 0 Å². The quantitative estimate of drug-likeness (QED) is 0.486. The van der Waals surface area contributed by atoms with E-state index >= 15 is 0 Å². The van der Waals surface area contributed by atoms with E-state index in [1.165, 1.54) is 0 Å². The minimum absolute atomic E-state index is 0.523. The van der Waals surface area contributed by atoms with Crippen LogP contribution in [0.15, 0.2) is 11.5 Å². The molecule has 1 aliphatic rings. The molecule has 0 unspecified atom stereocenters. The fourth-order valence-corrected chi connectivity index (χ4v) is 1.50. The van der Waals surface area contributed by atoms with Crippen LogP contribution in [-0.2, 0) is 7.53 Å². The molecule has 0 aromatic rings. The van der Waals surface area contributed by atoms with Gasteiger partial charge in [0.05, 0.1) is 0 Å². The molecule has 7 heavy (non-hydrogen) atoms. The molecule has 0 aromatic heterocycles. The van der Waals surface area contributed by atoms with E-state index in [2.05, 4.69) is 0 Å². The van der Waals surface area contributed by atoms with E-state index in [4.69, 9.17) is 7.53 Å². The first kappa shape index (κ1) is 5.03. The normalized spacial score (nSPS) is 19.1. The van der Waals surface area contributed by atoms with E-state index in [1.807, 2.05) is 13.8 Å². The van der Waals surface area contributed by atoms with Crippen LogP contribution in [0.2, 0.25) is 0 Å². The van der Waals surface area contributed by atoms with Gasteiger partial charge in [-0.25, -0.2) is 0 Å². The fraction of sp³-hybridized carbons (Fsp3) is 0.500. The van der Waals surface area contributed by atoms with Crippen molar-refractivity contribution in [3.05, 3.63) is 11.5 Å². The molecule has 38 valence electrons. The summed E-state index contributed by atoms with van der Waals surface area (Å²) in [5.74, 6) is 1.92. The summed E-state index contributed by atoms with van der Waals surface area (Å²) in [5, 5.41) is 0. The van der Waals surface area contributed by atoms with Crippen LogP contribution in [0.4, 0.5) is 0 Å². The van der Waals surface area contributed by atoms with Gasteiger partial charge < -0.3 is 0 Å². The molecule has 0 atom stereocenters. The summed E-state index contributed by atoms with van der Waals surface area (Å²) >= 11 is -0.523. The van der Waals surface area contributed by atoms with Crippen molar-refractivity contribution in [3.63, 3.8) is 0 Å². The molecule has 0 saturated carbocycles. The molecule has 3 heteroatoms. The Bertz CT molecular complexity index is 96.3. The number of hydrogen-bond acceptors (Lipinski definition) is 2.